The molecule has 0 atom stereocenters. The van der Waals surface area contributed by atoms with Gasteiger partial charge in [-0.1, -0.05) is 24.4 Å². The van der Waals surface area contributed by atoms with Gasteiger partial charge in [0.1, 0.15) is 10.6 Å². The summed E-state index contributed by atoms with van der Waals surface area (Å²) >= 11 is 0. The van der Waals surface area contributed by atoms with Crippen LogP contribution in [0.1, 0.15) is 50.8 Å². The van der Waals surface area contributed by atoms with Crippen molar-refractivity contribution in [3.8, 4) is 11.6 Å². The predicted octanol–water partition coefficient (Wildman–Crippen LogP) is 2.40. The number of halogens is 1. The summed E-state index contributed by atoms with van der Waals surface area (Å²) in [7, 11) is -1.71. The van der Waals surface area contributed by atoms with Crippen LogP contribution in [-0.4, -0.2) is 40.5 Å². The molecule has 3 heterocycles. The fraction of sp³-hybridized carbons (Fsp3) is 0.647. The molecule has 2 aromatic heterocycles. The molecule has 10 heteroatoms. The molecule has 1 saturated heterocycles. The topological polar surface area (TPSA) is 107 Å². The van der Waals surface area contributed by atoms with Gasteiger partial charge in [0.25, 0.3) is 5.89 Å². The molecule has 2 fully saturated rings. The third-order valence-corrected chi connectivity index (χ3v) is 7.38. The Morgan fingerprint density at radius 3 is 2.48 bits per heavy atom. The van der Waals surface area contributed by atoms with E-state index in [2.05, 4.69) is 10.1 Å². The molecule has 0 aromatic carbocycles. The van der Waals surface area contributed by atoms with E-state index in [0.717, 1.165) is 44.9 Å². The fourth-order valence-corrected chi connectivity index (χ4v) is 5.49. The highest BCUT2D eigenvalue weighted by Gasteiger charge is 2.36. The quantitative estimate of drug-likeness (QED) is 0.821. The summed E-state index contributed by atoms with van der Waals surface area (Å²) in [6.45, 7) is 1.15. The molecule has 1 aliphatic heterocycles. The van der Waals surface area contributed by atoms with Crippen LogP contribution in [0, 0.1) is 0 Å². The minimum absolute atomic E-state index is 0. The molecule has 1 aliphatic carbocycles. The summed E-state index contributed by atoms with van der Waals surface area (Å²) in [5.41, 5.74) is 6.44. The number of rotatable bonds is 4. The van der Waals surface area contributed by atoms with E-state index in [1.807, 2.05) is 0 Å². The van der Waals surface area contributed by atoms with Crippen LogP contribution in [0.5, 0.6) is 0 Å². The van der Waals surface area contributed by atoms with Crippen LogP contribution in [0.15, 0.2) is 21.7 Å². The molecule has 4 rings (SSSR count). The SMILES string of the molecule is Cl.Cn1cc(S(=O)(=O)N2CCCCC2)cc1-c1nc(C2(N)CCCC2)no1. The fourth-order valence-electron chi connectivity index (χ4n) is 3.90. The Hall–Kier alpha value is -1.42. The van der Waals surface area contributed by atoms with Gasteiger partial charge in [-0.15, -0.1) is 12.4 Å². The van der Waals surface area contributed by atoms with Crippen molar-refractivity contribution in [1.82, 2.24) is 19.0 Å². The monoisotopic (exact) mass is 415 g/mol. The second kappa shape index (κ2) is 7.54. The Morgan fingerprint density at radius 2 is 1.81 bits per heavy atom. The summed E-state index contributed by atoms with van der Waals surface area (Å²) < 4.78 is 34.4. The minimum Gasteiger partial charge on any atom is -0.345 e. The molecule has 0 amide bonds. The Morgan fingerprint density at radius 1 is 1.15 bits per heavy atom. The van der Waals surface area contributed by atoms with Gasteiger partial charge < -0.3 is 14.8 Å². The molecule has 2 aromatic rings. The van der Waals surface area contributed by atoms with Gasteiger partial charge in [0, 0.05) is 26.3 Å². The van der Waals surface area contributed by atoms with E-state index in [0.29, 0.717) is 30.5 Å². The maximum atomic E-state index is 12.9. The molecule has 150 valence electrons. The average molecular weight is 416 g/mol. The summed E-state index contributed by atoms with van der Waals surface area (Å²) in [6, 6.07) is 1.61. The van der Waals surface area contributed by atoms with E-state index in [-0.39, 0.29) is 17.3 Å². The van der Waals surface area contributed by atoms with Crippen molar-refractivity contribution in [2.24, 2.45) is 12.8 Å². The first-order valence-corrected chi connectivity index (χ1v) is 10.6. The van der Waals surface area contributed by atoms with E-state index in [9.17, 15) is 8.42 Å². The van der Waals surface area contributed by atoms with Crippen LogP contribution in [0.4, 0.5) is 0 Å². The highest BCUT2D eigenvalue weighted by atomic mass is 35.5. The number of aryl methyl sites for hydroxylation is 1. The zero-order valence-corrected chi connectivity index (χ0v) is 17.1. The molecule has 2 aliphatic rings. The van der Waals surface area contributed by atoms with Crippen LogP contribution in [0.25, 0.3) is 11.6 Å². The lowest BCUT2D eigenvalue weighted by atomic mass is 9.99. The van der Waals surface area contributed by atoms with Crippen LogP contribution < -0.4 is 5.73 Å². The first-order valence-electron chi connectivity index (χ1n) is 9.20. The number of aromatic nitrogens is 3. The average Bonchev–Trinajstić information content (AvgIpc) is 3.35. The maximum Gasteiger partial charge on any atom is 0.274 e. The zero-order valence-electron chi connectivity index (χ0n) is 15.4. The molecule has 0 spiro atoms. The first kappa shape index (κ1) is 20.3. The minimum atomic E-state index is -3.49. The van der Waals surface area contributed by atoms with Gasteiger partial charge in [-0.05, 0) is 31.7 Å². The van der Waals surface area contributed by atoms with Crippen molar-refractivity contribution in [1.29, 1.82) is 0 Å². The van der Waals surface area contributed by atoms with Crippen molar-refractivity contribution in [2.75, 3.05) is 13.1 Å². The van der Waals surface area contributed by atoms with Gasteiger partial charge in [0.05, 0.1) is 5.54 Å². The summed E-state index contributed by atoms with van der Waals surface area (Å²) in [5.74, 6) is 0.811. The molecule has 0 radical (unpaired) electrons. The van der Waals surface area contributed by atoms with E-state index < -0.39 is 15.6 Å². The lowest BCUT2D eigenvalue weighted by Gasteiger charge is -2.25. The van der Waals surface area contributed by atoms with Gasteiger partial charge in [-0.25, -0.2) is 8.42 Å². The van der Waals surface area contributed by atoms with Crippen LogP contribution in [-0.2, 0) is 22.6 Å². The third-order valence-electron chi connectivity index (χ3n) is 5.52. The van der Waals surface area contributed by atoms with Gasteiger partial charge in [-0.2, -0.15) is 9.29 Å². The largest absolute Gasteiger partial charge is 0.345 e. The van der Waals surface area contributed by atoms with Crippen molar-refractivity contribution in [2.45, 2.75) is 55.4 Å². The molecular formula is C17H26ClN5O3S. The maximum absolute atomic E-state index is 12.9. The lowest BCUT2D eigenvalue weighted by Crippen LogP contribution is -2.35. The number of sulfonamides is 1. The molecule has 0 unspecified atom stereocenters. The van der Waals surface area contributed by atoms with E-state index in [4.69, 9.17) is 10.3 Å². The summed E-state index contributed by atoms with van der Waals surface area (Å²) in [6.07, 6.45) is 8.30. The third kappa shape index (κ3) is 3.65. The van der Waals surface area contributed by atoms with E-state index >= 15 is 0 Å². The highest BCUT2D eigenvalue weighted by Crippen LogP contribution is 2.36. The van der Waals surface area contributed by atoms with Crippen LogP contribution in [0.2, 0.25) is 0 Å². The number of nitrogens with two attached hydrogens (primary N) is 1. The molecule has 27 heavy (non-hydrogen) atoms. The molecule has 8 nitrogen and oxygen atoms in total. The number of nitrogens with zero attached hydrogens (tertiary/aromatic N) is 4. The van der Waals surface area contributed by atoms with Crippen molar-refractivity contribution in [3.05, 3.63) is 18.1 Å². The smallest absolute Gasteiger partial charge is 0.274 e. The molecular weight excluding hydrogens is 390 g/mol. The molecule has 0 bridgehead atoms. The lowest BCUT2D eigenvalue weighted by molar-refractivity contribution is 0.346. The van der Waals surface area contributed by atoms with Gasteiger partial charge in [0.15, 0.2) is 5.82 Å². The number of piperidine rings is 1. The van der Waals surface area contributed by atoms with Crippen molar-refractivity contribution in [3.63, 3.8) is 0 Å². The van der Waals surface area contributed by atoms with Crippen molar-refractivity contribution < 1.29 is 12.9 Å². The van der Waals surface area contributed by atoms with E-state index in [1.165, 1.54) is 0 Å². The predicted molar refractivity (Wildman–Crippen MR) is 103 cm³/mol. The molecule has 1 saturated carbocycles. The first-order chi connectivity index (χ1) is 12.4. The summed E-state index contributed by atoms with van der Waals surface area (Å²) in [4.78, 5) is 4.73. The van der Waals surface area contributed by atoms with Crippen LogP contribution in [0.3, 0.4) is 0 Å². The standard InChI is InChI=1S/C17H25N5O3S.ClH/c1-21-12-13(26(23,24)22-9-5-2-6-10-22)11-14(21)15-19-16(20-25-15)17(18)7-3-4-8-17;/h11-12H,2-10,18H2,1H3;1H. The van der Waals surface area contributed by atoms with E-state index in [1.54, 1.807) is 28.2 Å². The number of hydrogen-bond donors (Lipinski definition) is 1. The summed E-state index contributed by atoms with van der Waals surface area (Å²) in [5, 5.41) is 4.06. The Bertz CT molecular complexity index is 896. The Kier molecular flexibility index (Phi) is 5.67. The molecule has 2 N–H and O–H groups in total. The second-order valence-corrected chi connectivity index (χ2v) is 9.36. The Labute approximate surface area is 165 Å². The van der Waals surface area contributed by atoms with Gasteiger partial charge >= 0.3 is 0 Å². The van der Waals surface area contributed by atoms with Gasteiger partial charge in [-0.3, -0.25) is 0 Å². The zero-order chi connectivity index (χ0) is 18.4. The second-order valence-electron chi connectivity index (χ2n) is 7.42. The highest BCUT2D eigenvalue weighted by molar-refractivity contribution is 7.89. The Balaban J connectivity index is 0.00000210. The van der Waals surface area contributed by atoms with Crippen molar-refractivity contribution >= 4 is 22.4 Å². The van der Waals surface area contributed by atoms with Crippen LogP contribution >= 0.6 is 12.4 Å². The normalized spacial score (nSPS) is 20.5. The van der Waals surface area contributed by atoms with Gasteiger partial charge in [0.2, 0.25) is 10.0 Å². The number of hydrogen-bond acceptors (Lipinski definition) is 6.